The molecule has 1 aliphatic heterocycles. The number of nitrogens with zero attached hydrogens (tertiary/aromatic N) is 2. The van der Waals surface area contributed by atoms with E-state index in [0.717, 1.165) is 42.8 Å². The predicted molar refractivity (Wildman–Crippen MR) is 122 cm³/mol. The summed E-state index contributed by atoms with van der Waals surface area (Å²) < 4.78 is 11.4. The van der Waals surface area contributed by atoms with Crippen LogP contribution in [-0.4, -0.2) is 66.8 Å². The molecule has 0 unspecified atom stereocenters. The Kier molecular flexibility index (Phi) is 8.32. The molecule has 0 radical (unpaired) electrons. The lowest BCUT2D eigenvalue weighted by Gasteiger charge is -2.21. The van der Waals surface area contributed by atoms with Crippen LogP contribution >= 0.6 is 0 Å². The molecule has 6 heteroatoms. The van der Waals surface area contributed by atoms with Gasteiger partial charge in [0.05, 0.1) is 0 Å². The molecule has 2 aromatic rings. The van der Waals surface area contributed by atoms with E-state index in [4.69, 9.17) is 9.47 Å². The standard InChI is InChI=1S/C25H34N2O4/c1-19-6-11-24(20(2)14-19)31-17-22(28)16-26(3)15-21-7-9-23(10-8-21)30-18-25(29)27-12-4-5-13-27/h6-11,14,22,28H,4-5,12-13,15-18H2,1-3H3/t22-/m0/s1. The highest BCUT2D eigenvalue weighted by Gasteiger charge is 2.18. The van der Waals surface area contributed by atoms with Crippen LogP contribution in [-0.2, 0) is 11.3 Å². The van der Waals surface area contributed by atoms with Gasteiger partial charge in [0, 0.05) is 26.2 Å². The van der Waals surface area contributed by atoms with E-state index in [-0.39, 0.29) is 19.1 Å². The minimum absolute atomic E-state index is 0.0540. The van der Waals surface area contributed by atoms with Crippen LogP contribution in [0.2, 0.25) is 0 Å². The summed E-state index contributed by atoms with van der Waals surface area (Å²) in [5.41, 5.74) is 3.38. The summed E-state index contributed by atoms with van der Waals surface area (Å²) in [5, 5.41) is 10.3. The normalized spacial score (nSPS) is 14.7. The zero-order valence-corrected chi connectivity index (χ0v) is 18.8. The summed E-state index contributed by atoms with van der Waals surface area (Å²) >= 11 is 0. The molecule has 6 nitrogen and oxygen atoms in total. The molecule has 31 heavy (non-hydrogen) atoms. The first kappa shape index (κ1) is 23.1. The second-order valence-electron chi connectivity index (χ2n) is 8.45. The Morgan fingerprint density at radius 2 is 1.81 bits per heavy atom. The van der Waals surface area contributed by atoms with E-state index in [1.807, 2.05) is 62.2 Å². The van der Waals surface area contributed by atoms with Gasteiger partial charge >= 0.3 is 0 Å². The molecule has 1 atom stereocenters. The third-order valence-corrected chi connectivity index (χ3v) is 5.48. The Hall–Kier alpha value is -2.57. The molecule has 0 spiro atoms. The van der Waals surface area contributed by atoms with Gasteiger partial charge in [-0.25, -0.2) is 0 Å². The van der Waals surface area contributed by atoms with Crippen molar-refractivity contribution in [3.63, 3.8) is 0 Å². The number of rotatable bonds is 10. The second kappa shape index (κ2) is 11.2. The maximum absolute atomic E-state index is 12.1. The zero-order valence-electron chi connectivity index (χ0n) is 18.8. The number of amides is 1. The van der Waals surface area contributed by atoms with Crippen LogP contribution in [0.3, 0.4) is 0 Å². The highest BCUT2D eigenvalue weighted by molar-refractivity contribution is 5.78. The fourth-order valence-corrected chi connectivity index (χ4v) is 3.83. The minimum atomic E-state index is -0.579. The summed E-state index contributed by atoms with van der Waals surface area (Å²) in [7, 11) is 1.97. The number of carbonyl (C=O) groups excluding carboxylic acids is 1. The van der Waals surface area contributed by atoms with Gasteiger partial charge in [-0.05, 0) is 63.1 Å². The van der Waals surface area contributed by atoms with Crippen LogP contribution < -0.4 is 9.47 Å². The zero-order chi connectivity index (χ0) is 22.2. The van der Waals surface area contributed by atoms with Crippen molar-refractivity contribution in [2.24, 2.45) is 0 Å². The van der Waals surface area contributed by atoms with E-state index in [9.17, 15) is 9.90 Å². The Bertz CT molecular complexity index is 847. The average Bonchev–Trinajstić information content (AvgIpc) is 3.27. The van der Waals surface area contributed by atoms with Crippen LogP contribution in [0.1, 0.15) is 29.5 Å². The van der Waals surface area contributed by atoms with Crippen LogP contribution in [0.5, 0.6) is 11.5 Å². The number of likely N-dealkylation sites (tertiary alicyclic amines) is 1. The second-order valence-corrected chi connectivity index (χ2v) is 8.45. The SMILES string of the molecule is Cc1ccc(OC[C@@H](O)CN(C)Cc2ccc(OCC(=O)N3CCCC3)cc2)c(C)c1. The number of aliphatic hydroxyl groups excluding tert-OH is 1. The van der Waals surface area contributed by atoms with Crippen molar-refractivity contribution >= 4 is 5.91 Å². The molecule has 1 fully saturated rings. The summed E-state index contributed by atoms with van der Waals surface area (Å²) in [5.74, 6) is 1.56. The molecule has 0 aliphatic carbocycles. The minimum Gasteiger partial charge on any atom is -0.491 e. The Labute approximate surface area is 185 Å². The fourth-order valence-electron chi connectivity index (χ4n) is 3.83. The average molecular weight is 427 g/mol. The van der Waals surface area contributed by atoms with Gasteiger partial charge < -0.3 is 19.5 Å². The fraction of sp³-hybridized carbons (Fsp3) is 0.480. The largest absolute Gasteiger partial charge is 0.491 e. The quantitative estimate of drug-likeness (QED) is 0.632. The first-order chi connectivity index (χ1) is 14.9. The number of aryl methyl sites for hydroxylation is 2. The van der Waals surface area contributed by atoms with E-state index >= 15 is 0 Å². The molecule has 1 heterocycles. The van der Waals surface area contributed by atoms with Crippen molar-refractivity contribution in [1.82, 2.24) is 9.80 Å². The predicted octanol–water partition coefficient (Wildman–Crippen LogP) is 3.18. The lowest BCUT2D eigenvalue weighted by atomic mass is 10.1. The Morgan fingerprint density at radius 1 is 1.10 bits per heavy atom. The van der Waals surface area contributed by atoms with E-state index in [0.29, 0.717) is 18.8 Å². The molecule has 0 saturated carbocycles. The number of carbonyl (C=O) groups is 1. The number of aliphatic hydroxyl groups is 1. The van der Waals surface area contributed by atoms with Crippen molar-refractivity contribution in [3.8, 4) is 11.5 Å². The lowest BCUT2D eigenvalue weighted by molar-refractivity contribution is -0.132. The third kappa shape index (κ3) is 7.26. The van der Waals surface area contributed by atoms with E-state index in [1.54, 1.807) is 0 Å². The molecular weight excluding hydrogens is 392 g/mol. The first-order valence-electron chi connectivity index (χ1n) is 11.0. The van der Waals surface area contributed by atoms with Crippen molar-refractivity contribution in [2.45, 2.75) is 39.3 Å². The van der Waals surface area contributed by atoms with Gasteiger partial charge in [-0.2, -0.15) is 0 Å². The first-order valence-corrected chi connectivity index (χ1v) is 11.0. The van der Waals surface area contributed by atoms with E-state index < -0.39 is 6.10 Å². The van der Waals surface area contributed by atoms with Crippen molar-refractivity contribution in [2.75, 3.05) is 39.9 Å². The molecule has 1 amide bonds. The maximum Gasteiger partial charge on any atom is 0.260 e. The van der Waals surface area contributed by atoms with Gasteiger partial charge in [0.15, 0.2) is 6.61 Å². The van der Waals surface area contributed by atoms with Crippen LogP contribution in [0.15, 0.2) is 42.5 Å². The number of benzene rings is 2. The van der Waals surface area contributed by atoms with Gasteiger partial charge in [-0.15, -0.1) is 0 Å². The van der Waals surface area contributed by atoms with Gasteiger partial charge in [-0.1, -0.05) is 29.8 Å². The number of hydrogen-bond acceptors (Lipinski definition) is 5. The monoisotopic (exact) mass is 426 g/mol. The number of hydrogen-bond donors (Lipinski definition) is 1. The summed E-state index contributed by atoms with van der Waals surface area (Å²) in [6.45, 7) is 7.30. The molecule has 2 aromatic carbocycles. The van der Waals surface area contributed by atoms with Crippen molar-refractivity contribution in [3.05, 3.63) is 59.2 Å². The Morgan fingerprint density at radius 3 is 2.48 bits per heavy atom. The third-order valence-electron chi connectivity index (χ3n) is 5.48. The van der Waals surface area contributed by atoms with E-state index in [1.165, 1.54) is 5.56 Å². The summed E-state index contributed by atoms with van der Waals surface area (Å²) in [4.78, 5) is 16.0. The van der Waals surface area contributed by atoms with Gasteiger partial charge in [0.2, 0.25) is 0 Å². The molecule has 3 rings (SSSR count). The highest BCUT2D eigenvalue weighted by Crippen LogP contribution is 2.19. The van der Waals surface area contributed by atoms with Crippen molar-refractivity contribution in [1.29, 1.82) is 0 Å². The van der Waals surface area contributed by atoms with Gasteiger partial charge in [0.1, 0.15) is 24.2 Å². The number of ether oxygens (including phenoxy) is 2. The van der Waals surface area contributed by atoms with Crippen LogP contribution in [0, 0.1) is 13.8 Å². The van der Waals surface area contributed by atoms with Crippen LogP contribution in [0.4, 0.5) is 0 Å². The number of likely N-dealkylation sites (N-methyl/N-ethyl adjacent to an activating group) is 1. The smallest absolute Gasteiger partial charge is 0.260 e. The van der Waals surface area contributed by atoms with Crippen LogP contribution in [0.25, 0.3) is 0 Å². The molecule has 0 aromatic heterocycles. The molecule has 1 aliphatic rings. The van der Waals surface area contributed by atoms with Gasteiger partial charge in [-0.3, -0.25) is 9.69 Å². The topological polar surface area (TPSA) is 62.2 Å². The highest BCUT2D eigenvalue weighted by atomic mass is 16.5. The molecule has 168 valence electrons. The molecule has 1 N–H and O–H groups in total. The van der Waals surface area contributed by atoms with E-state index in [2.05, 4.69) is 11.0 Å². The molecule has 0 bridgehead atoms. The summed E-state index contributed by atoms with van der Waals surface area (Å²) in [6, 6.07) is 13.8. The van der Waals surface area contributed by atoms with Crippen molar-refractivity contribution < 1.29 is 19.4 Å². The molecule has 1 saturated heterocycles. The lowest BCUT2D eigenvalue weighted by Crippen LogP contribution is -2.33. The van der Waals surface area contributed by atoms with Gasteiger partial charge in [0.25, 0.3) is 5.91 Å². The Balaban J connectivity index is 1.39. The summed E-state index contributed by atoms with van der Waals surface area (Å²) in [6.07, 6.45) is 1.59. The molecular formula is C25H34N2O4. The maximum atomic E-state index is 12.1.